The molecule has 2 unspecified atom stereocenters. The van der Waals surface area contributed by atoms with Gasteiger partial charge >= 0.3 is 17.1 Å². The van der Waals surface area contributed by atoms with Gasteiger partial charge in [0, 0.05) is 8.07 Å². The van der Waals surface area contributed by atoms with Crippen molar-refractivity contribution >= 4 is 23.9 Å². The van der Waals surface area contributed by atoms with Gasteiger partial charge in [0.2, 0.25) is 0 Å². The molecule has 0 heterocycles. The van der Waals surface area contributed by atoms with Crippen LogP contribution in [0.15, 0.2) is 0 Å². The summed E-state index contributed by atoms with van der Waals surface area (Å²) in [5, 5.41) is 3.42. The molecule has 0 nitrogen and oxygen atoms in total. The summed E-state index contributed by atoms with van der Waals surface area (Å²) in [6.45, 7) is 23.5. The summed E-state index contributed by atoms with van der Waals surface area (Å²) in [5.74, 6) is 16.2. The second-order valence-corrected chi connectivity index (χ2v) is 40.4. The van der Waals surface area contributed by atoms with Crippen LogP contribution in [0.2, 0.25) is 25.2 Å². The molecule has 402 valence electrons. The molecule has 0 spiro atoms. The van der Waals surface area contributed by atoms with Crippen LogP contribution in [0.25, 0.3) is 0 Å². The van der Waals surface area contributed by atoms with E-state index in [1.54, 1.807) is 173 Å². The fraction of sp³-hybridized carbons (Fsp3) is 0.969. The fourth-order valence-electron chi connectivity index (χ4n) is 23.2. The van der Waals surface area contributed by atoms with Crippen LogP contribution in [0.5, 0.6) is 0 Å². The zero-order chi connectivity index (χ0) is 46.6. The Morgan fingerprint density at radius 1 is 0.319 bits per heavy atom. The van der Waals surface area contributed by atoms with E-state index in [0.29, 0.717) is 0 Å². The minimum Gasteiger partial charge on any atom is -0.358 e. The molecular formula is C65H120FeP2Si. The van der Waals surface area contributed by atoms with Crippen LogP contribution in [0.3, 0.4) is 0 Å². The van der Waals surface area contributed by atoms with Gasteiger partial charge in [0.05, 0.1) is 0 Å². The minimum absolute atomic E-state index is 0. The molecule has 0 amide bonds. The summed E-state index contributed by atoms with van der Waals surface area (Å²) in [6.07, 6.45) is 55.4. The largest absolute Gasteiger partial charge is 2.00 e. The summed E-state index contributed by atoms with van der Waals surface area (Å²) >= 11 is 0. The maximum absolute atomic E-state index is 2.50. The Labute approximate surface area is 448 Å². The van der Waals surface area contributed by atoms with Crippen molar-refractivity contribution in [1.29, 1.82) is 0 Å². The van der Waals surface area contributed by atoms with E-state index in [9.17, 15) is 0 Å². The van der Waals surface area contributed by atoms with Crippen molar-refractivity contribution < 1.29 is 17.1 Å². The molecule has 18 fully saturated rings. The van der Waals surface area contributed by atoms with E-state index in [1.165, 1.54) is 25.7 Å². The molecule has 0 aliphatic heterocycles. The van der Waals surface area contributed by atoms with Crippen molar-refractivity contribution in [3.63, 3.8) is 0 Å². The smallest absolute Gasteiger partial charge is 0.358 e. The van der Waals surface area contributed by atoms with Crippen molar-refractivity contribution in [3.05, 3.63) is 14.9 Å². The van der Waals surface area contributed by atoms with E-state index in [4.69, 9.17) is 0 Å². The van der Waals surface area contributed by atoms with Gasteiger partial charge in [-0.3, -0.25) is 0 Å². The predicted molar refractivity (Wildman–Crippen MR) is 312 cm³/mol. The number of rotatable bonds is 9. The molecule has 18 aliphatic carbocycles. The molecule has 4 heteroatoms. The van der Waals surface area contributed by atoms with E-state index < -0.39 is 8.07 Å². The summed E-state index contributed by atoms with van der Waals surface area (Å²) in [4.78, 5) is 0. The number of hydrogen-bond donors (Lipinski definition) is 0. The first-order chi connectivity index (χ1) is 32.0. The van der Waals surface area contributed by atoms with Crippen LogP contribution >= 0.6 is 15.8 Å². The molecule has 0 radical (unpaired) electrons. The topological polar surface area (TPSA) is 0 Å². The van der Waals surface area contributed by atoms with Gasteiger partial charge in [-0.05, 0) is 288 Å². The molecule has 69 heavy (non-hydrogen) atoms. The predicted octanol–water partition coefficient (Wildman–Crippen LogP) is 21.5. The van der Waals surface area contributed by atoms with E-state index >= 15 is 0 Å². The molecule has 0 aromatic carbocycles. The van der Waals surface area contributed by atoms with Gasteiger partial charge in [-0.25, -0.2) is 0 Å². The average Bonchev–Trinajstić information content (AvgIpc) is 4.00. The third-order valence-electron chi connectivity index (χ3n) is 23.5. The molecule has 18 saturated carbocycles. The van der Waals surface area contributed by atoms with Crippen LogP contribution in [0.4, 0.5) is 0 Å². The SMILES string of the molecule is C1CC(CP(C23CC4CC(CC(C4)C2)C3)C23CC4CC(CC(C4)C2)C3)C(CP(C23CC4CC(CC(C4)C2)C3)C23CC4CC(CC(C4)C2)C3)C1.CC.CC.CC.CC.C[Si](C)(C)C1CCCC1.[CH3-].[CH3-].[Fe+2]. The average molecular weight is 1050 g/mol. The van der Waals surface area contributed by atoms with Gasteiger partial charge in [0.1, 0.15) is 0 Å². The van der Waals surface area contributed by atoms with E-state index in [0.717, 1.165) is 109 Å². The van der Waals surface area contributed by atoms with Crippen molar-refractivity contribution in [1.82, 2.24) is 0 Å². The van der Waals surface area contributed by atoms with Gasteiger partial charge in [-0.1, -0.05) is 123 Å². The molecule has 0 aromatic rings. The van der Waals surface area contributed by atoms with Crippen LogP contribution in [0, 0.1) is 97.7 Å². The van der Waals surface area contributed by atoms with Gasteiger partial charge < -0.3 is 14.9 Å². The Hall–Kier alpha value is 1.60. The minimum atomic E-state index is -0.724. The normalized spacial score (nSPS) is 47.7. The molecule has 0 saturated heterocycles. The first kappa shape index (κ1) is 59.8. The van der Waals surface area contributed by atoms with Crippen molar-refractivity contribution in [2.75, 3.05) is 12.3 Å². The standard InChI is InChI=1S/C47H72P2.C8H18Si.4C2H6.2CH3.Fe/c1-2-42(28-48(44-16-30-4-31(17-44)6-32(5-30)18-44)45-19-33-7-34(20-45)9-35(8-33)21-45)43(3-1)29-49(46-22-36-10-37(23-46)12-38(11-36)24-46)47-25-39-13-40(26-47)15-41(14-39)27-47;1-9(2,3)8-6-4-5-7-8;4*1-2;;;/h30-43H,1-29H2;8H,4-7H2,1-3H3;4*1-2H3;2*1H3;/q;;;;;;2*-1;+2. The quantitative estimate of drug-likeness (QED) is 0.123. The summed E-state index contributed by atoms with van der Waals surface area (Å²) < 4.78 is 0. The van der Waals surface area contributed by atoms with Gasteiger partial charge in [0.25, 0.3) is 0 Å². The summed E-state index contributed by atoms with van der Waals surface area (Å²) in [7, 11) is -0.361. The summed E-state index contributed by atoms with van der Waals surface area (Å²) in [6, 6.07) is 0. The van der Waals surface area contributed by atoms with E-state index in [1.807, 2.05) is 67.7 Å². The zero-order valence-electron chi connectivity index (χ0n) is 48.7. The monoisotopic (exact) mass is 1050 g/mol. The molecule has 16 bridgehead atoms. The first-order valence-corrected chi connectivity index (χ1v) is 38.2. The molecule has 0 aromatic heterocycles. The van der Waals surface area contributed by atoms with Gasteiger partial charge in [-0.2, -0.15) is 0 Å². The summed E-state index contributed by atoms with van der Waals surface area (Å²) in [5.41, 5.74) is 1.15. The van der Waals surface area contributed by atoms with Crippen LogP contribution in [-0.4, -0.2) is 41.0 Å². The van der Waals surface area contributed by atoms with E-state index in [2.05, 4.69) is 19.6 Å². The Morgan fingerprint density at radius 2 is 0.507 bits per heavy atom. The van der Waals surface area contributed by atoms with Crippen LogP contribution in [-0.2, 0) is 17.1 Å². The second kappa shape index (κ2) is 24.5. The molecule has 2 atom stereocenters. The third kappa shape index (κ3) is 11.7. The van der Waals surface area contributed by atoms with Crippen LogP contribution < -0.4 is 0 Å². The number of hydrogen-bond acceptors (Lipinski definition) is 0. The zero-order valence-corrected chi connectivity index (χ0v) is 52.6. The molecule has 18 rings (SSSR count). The fourth-order valence-corrected chi connectivity index (χ4v) is 36.6. The van der Waals surface area contributed by atoms with Gasteiger partial charge in [0.15, 0.2) is 0 Å². The Morgan fingerprint density at radius 3 is 0.667 bits per heavy atom. The molecule has 0 N–H and O–H groups in total. The van der Waals surface area contributed by atoms with Crippen molar-refractivity contribution in [2.45, 2.75) is 300 Å². The second-order valence-electron chi connectivity index (χ2n) is 28.6. The van der Waals surface area contributed by atoms with Crippen LogP contribution in [0.1, 0.15) is 254 Å². The Balaban J connectivity index is 0.000000345. The van der Waals surface area contributed by atoms with E-state index in [-0.39, 0.29) is 47.8 Å². The van der Waals surface area contributed by atoms with Gasteiger partial charge in [-0.15, -0.1) is 0 Å². The third-order valence-corrected chi connectivity index (χ3v) is 35.0. The maximum Gasteiger partial charge on any atom is 2.00 e. The van der Waals surface area contributed by atoms with Crippen molar-refractivity contribution in [2.24, 2.45) is 82.9 Å². The molecule has 18 aliphatic rings. The maximum atomic E-state index is 2.50. The Kier molecular flexibility index (Phi) is 21.3. The first-order valence-electron chi connectivity index (χ1n) is 31.5. The van der Waals surface area contributed by atoms with Crippen molar-refractivity contribution in [3.8, 4) is 0 Å². The Bertz CT molecular complexity index is 1230. The molecular weight excluding hydrogens is 927 g/mol.